The molecule has 0 spiro atoms. The van der Waals surface area contributed by atoms with Crippen LogP contribution in [0.5, 0.6) is 0 Å². The summed E-state index contributed by atoms with van der Waals surface area (Å²) in [5.41, 5.74) is 5.21. The molecule has 0 unspecified atom stereocenters. The molecule has 1 aromatic heterocycles. The first-order chi connectivity index (χ1) is 11.2. The van der Waals surface area contributed by atoms with Crippen molar-refractivity contribution in [2.75, 3.05) is 19.0 Å². The molecule has 0 aliphatic heterocycles. The molecule has 0 aromatic carbocycles. The number of amides is 1. The number of aliphatic hydroxyl groups excluding tert-OH is 2. The molecule has 0 aliphatic carbocycles. The number of carbonyl (C=O) groups excluding carboxylic acids is 1. The van der Waals surface area contributed by atoms with Gasteiger partial charge in [0, 0.05) is 20.1 Å². The lowest BCUT2D eigenvalue weighted by Crippen LogP contribution is -2.45. The first-order valence-electron chi connectivity index (χ1n) is 6.64. The van der Waals surface area contributed by atoms with E-state index in [0.717, 1.165) is 6.07 Å². The van der Waals surface area contributed by atoms with Crippen LogP contribution in [-0.2, 0) is 9.53 Å². The third kappa shape index (κ3) is 4.62. The van der Waals surface area contributed by atoms with E-state index in [1.54, 1.807) is 0 Å². The van der Waals surface area contributed by atoms with Crippen LogP contribution in [0.25, 0.3) is 0 Å². The predicted octanol–water partition coefficient (Wildman–Crippen LogP) is -3.05. The maximum atomic E-state index is 11.4. The van der Waals surface area contributed by atoms with E-state index in [0.29, 0.717) is 0 Å². The molecule has 8 N–H and O–H groups in total. The van der Waals surface area contributed by atoms with Crippen LogP contribution in [0, 0.1) is 0 Å². The predicted molar refractivity (Wildman–Crippen MR) is 79.5 cm³/mol. The van der Waals surface area contributed by atoms with Crippen molar-refractivity contribution in [2.24, 2.45) is 10.7 Å². The average Bonchev–Trinajstić information content (AvgIpc) is 2.49. The van der Waals surface area contributed by atoms with E-state index < -0.39 is 42.4 Å². The fourth-order valence-corrected chi connectivity index (χ4v) is 1.89. The van der Waals surface area contributed by atoms with E-state index >= 15 is 0 Å². The van der Waals surface area contributed by atoms with Crippen molar-refractivity contribution in [1.82, 2.24) is 0 Å². The van der Waals surface area contributed by atoms with Gasteiger partial charge in [-0.05, 0) is 0 Å². The van der Waals surface area contributed by atoms with Gasteiger partial charge < -0.3 is 29.8 Å². The Morgan fingerprint density at radius 3 is 2.58 bits per heavy atom. The molecule has 0 saturated heterocycles. The summed E-state index contributed by atoms with van der Waals surface area (Å²) in [6, 6.07) is 0.995. The van der Waals surface area contributed by atoms with Crippen molar-refractivity contribution in [2.45, 2.75) is 19.1 Å². The summed E-state index contributed by atoms with van der Waals surface area (Å²) >= 11 is 0. The van der Waals surface area contributed by atoms with E-state index in [4.69, 9.17) is 30.5 Å². The second-order valence-electron chi connectivity index (χ2n) is 4.66. The van der Waals surface area contributed by atoms with Crippen LogP contribution >= 0.6 is 0 Å². The topological polar surface area (TPSA) is 193 Å². The Kier molecular flexibility index (Phi) is 6.58. The maximum absolute atomic E-state index is 11.4. The number of nitrogens with zero attached hydrogens (tertiary/aromatic N) is 1. The van der Waals surface area contributed by atoms with Crippen LogP contribution < -0.4 is 21.8 Å². The molecular formula is C13H19N4O7+. The van der Waals surface area contributed by atoms with Crippen molar-refractivity contribution >= 4 is 23.5 Å². The van der Waals surface area contributed by atoms with Crippen LogP contribution in [0.1, 0.15) is 29.3 Å². The number of carboxylic acid groups (broad SMARTS) is 1. The summed E-state index contributed by atoms with van der Waals surface area (Å²) in [7, 11) is 1.20. The molecule has 1 heterocycles. The fraction of sp³-hybridized carbons (Fsp3) is 0.385. The van der Waals surface area contributed by atoms with Crippen LogP contribution in [0.15, 0.2) is 15.5 Å². The Morgan fingerprint density at radius 2 is 2.17 bits per heavy atom. The van der Waals surface area contributed by atoms with E-state index in [9.17, 15) is 14.7 Å². The van der Waals surface area contributed by atoms with Crippen molar-refractivity contribution in [3.63, 3.8) is 0 Å². The highest BCUT2D eigenvalue weighted by Crippen LogP contribution is 2.27. The summed E-state index contributed by atoms with van der Waals surface area (Å²) in [4.78, 5) is 26.4. The number of carboxylic acids is 1. The normalized spacial score (nSPS) is 14.1. The zero-order valence-corrected chi connectivity index (χ0v) is 13.0. The van der Waals surface area contributed by atoms with Crippen LogP contribution in [-0.4, -0.2) is 53.0 Å². The van der Waals surface area contributed by atoms with E-state index in [-0.39, 0.29) is 16.8 Å². The summed E-state index contributed by atoms with van der Waals surface area (Å²) in [6.07, 6.45) is -2.74. The molecule has 1 rings (SSSR count). The number of carbonyl (C=O) groups is 2. The molecule has 1 amide bonds. The highest BCUT2D eigenvalue weighted by Gasteiger charge is 2.29. The molecule has 2 atom stereocenters. The second-order valence-corrected chi connectivity index (χ2v) is 4.66. The van der Waals surface area contributed by atoms with Gasteiger partial charge in [-0.15, -0.1) is 0 Å². The van der Waals surface area contributed by atoms with Gasteiger partial charge in [-0.1, -0.05) is 4.99 Å². The van der Waals surface area contributed by atoms with Gasteiger partial charge in [-0.25, -0.2) is 4.79 Å². The van der Waals surface area contributed by atoms with Gasteiger partial charge >= 0.3 is 11.9 Å². The molecule has 0 saturated carbocycles. The minimum Gasteiger partial charge on any atom is -0.475 e. The number of nitrogens with one attached hydrogen (secondary N) is 1. The van der Waals surface area contributed by atoms with Crippen LogP contribution in [0.3, 0.4) is 0 Å². The van der Waals surface area contributed by atoms with E-state index in [1.165, 1.54) is 14.0 Å². The lowest BCUT2D eigenvalue weighted by atomic mass is 10.1. The number of hydrogen-bond acceptors (Lipinski definition) is 6. The maximum Gasteiger partial charge on any atom is 0.380 e. The number of rotatable bonds is 6. The van der Waals surface area contributed by atoms with Gasteiger partial charge in [-0.2, -0.15) is 0 Å². The Hall–Kier alpha value is -2.76. The zero-order chi connectivity index (χ0) is 18.4. The zero-order valence-electron chi connectivity index (χ0n) is 13.0. The number of guanidine groups is 1. The van der Waals surface area contributed by atoms with Gasteiger partial charge in [0.1, 0.15) is 17.9 Å². The Bertz CT molecular complexity index is 713. The average molecular weight is 343 g/mol. The first kappa shape index (κ1) is 19.3. The van der Waals surface area contributed by atoms with Gasteiger partial charge in [0.2, 0.25) is 11.7 Å². The first-order valence-corrected chi connectivity index (χ1v) is 6.64. The molecule has 11 nitrogen and oxygen atoms in total. The fourth-order valence-electron chi connectivity index (χ4n) is 1.89. The van der Waals surface area contributed by atoms with E-state index in [1.807, 2.05) is 0 Å². The van der Waals surface area contributed by atoms with Crippen LogP contribution in [0.4, 0.5) is 5.69 Å². The van der Waals surface area contributed by atoms with Crippen molar-refractivity contribution < 1.29 is 39.5 Å². The van der Waals surface area contributed by atoms with Crippen molar-refractivity contribution in [3.05, 3.63) is 22.9 Å². The number of anilines is 1. The smallest absolute Gasteiger partial charge is 0.380 e. The molecule has 24 heavy (non-hydrogen) atoms. The van der Waals surface area contributed by atoms with Crippen LogP contribution in [0.2, 0.25) is 0 Å². The van der Waals surface area contributed by atoms with Crippen molar-refractivity contribution in [1.29, 1.82) is 0 Å². The monoisotopic (exact) mass is 343 g/mol. The highest BCUT2D eigenvalue weighted by atomic mass is 16.5. The highest BCUT2D eigenvalue weighted by molar-refractivity contribution is 5.90. The van der Waals surface area contributed by atoms with E-state index in [2.05, 4.69) is 10.3 Å². The quantitative estimate of drug-likeness (QED) is 0.231. The number of aliphatic hydroxyl groups is 2. The lowest BCUT2D eigenvalue weighted by molar-refractivity contribution is -0.117. The summed E-state index contributed by atoms with van der Waals surface area (Å²) < 4.78 is 10.3. The summed E-state index contributed by atoms with van der Waals surface area (Å²) in [5.74, 6) is -3.20. The minimum absolute atomic E-state index is 0.0970. The Morgan fingerprint density at radius 1 is 1.54 bits per heavy atom. The number of methoxy groups -OCH3 is 1. The summed E-state index contributed by atoms with van der Waals surface area (Å²) in [6.45, 7) is 0.487. The lowest BCUT2D eigenvalue weighted by Gasteiger charge is -2.21. The van der Waals surface area contributed by atoms with Gasteiger partial charge in [-0.3, -0.25) is 15.9 Å². The molecule has 0 radical (unpaired) electrons. The second kappa shape index (κ2) is 8.19. The molecule has 0 fully saturated rings. The van der Waals surface area contributed by atoms with Gasteiger partial charge in [0.25, 0.3) is 0 Å². The molecular weight excluding hydrogens is 324 g/mol. The molecule has 132 valence electrons. The number of nitrogens with two attached hydrogens (primary N) is 2. The van der Waals surface area contributed by atoms with Crippen molar-refractivity contribution in [3.8, 4) is 0 Å². The minimum atomic E-state index is -1.46. The standard InChI is InChI=1S/C13H18N4O7/c1-5(19)16-9-6(17-13(14)15)3-8(12(21)22)24-11(9)10(23-2)7(20)4-18/h3,7,10,18,20H,4H2,1-2H3,(H3,14,15)(H,16,19)(H,21,22)/p+1/b17-6+/t7-,10-/m1/s1. The third-order valence-corrected chi connectivity index (χ3v) is 2.80. The molecule has 1 aromatic rings. The largest absolute Gasteiger partial charge is 0.475 e. The molecule has 0 aliphatic rings. The number of hydrogen-bond donors (Lipinski definition) is 6. The number of aromatic carboxylic acids is 1. The third-order valence-electron chi connectivity index (χ3n) is 2.80. The summed E-state index contributed by atoms with van der Waals surface area (Å²) in [5, 5.41) is 35.7. The Balaban J connectivity index is 3.80. The molecule has 0 bridgehead atoms. The Labute approximate surface area is 135 Å². The molecule has 11 heteroatoms. The SMILES string of the molecule is CO[C@@H](c1oc(C(=O)O)c/c(=N\C(N)=[NH2+])c1NC(C)=O)[C@H](O)CO. The van der Waals surface area contributed by atoms with Gasteiger partial charge in [0.15, 0.2) is 11.1 Å². The number of ether oxygens (including phenoxy) is 1. The van der Waals surface area contributed by atoms with Gasteiger partial charge in [0.05, 0.1) is 6.61 Å².